The van der Waals surface area contributed by atoms with Gasteiger partial charge in [0.15, 0.2) is 24.0 Å². The van der Waals surface area contributed by atoms with E-state index in [1.54, 1.807) is 12.1 Å². The number of hydrogen-bond donors (Lipinski definition) is 0. The van der Waals surface area contributed by atoms with Crippen molar-refractivity contribution < 1.29 is 13.7 Å². The largest absolute Gasteiger partial charge is 0.481 e. The van der Waals surface area contributed by atoms with E-state index < -0.39 is 0 Å². The first-order valence-corrected chi connectivity index (χ1v) is 5.94. The van der Waals surface area contributed by atoms with Gasteiger partial charge in [-0.05, 0) is 37.5 Å². The molecular formula is C13H13FN2O2. The Morgan fingerprint density at radius 1 is 1.44 bits per heavy atom. The van der Waals surface area contributed by atoms with Gasteiger partial charge in [0.2, 0.25) is 0 Å². The molecule has 1 saturated carbocycles. The lowest BCUT2D eigenvalue weighted by molar-refractivity contribution is 0.234. The highest BCUT2D eigenvalue weighted by Crippen LogP contribution is 2.38. The maximum Gasteiger partial charge on any atom is 0.264 e. The maximum absolute atomic E-state index is 13.4. The van der Waals surface area contributed by atoms with E-state index >= 15 is 0 Å². The molecule has 0 N–H and O–H groups in total. The molecular weight excluding hydrogens is 235 g/mol. The zero-order chi connectivity index (χ0) is 12.5. The molecule has 0 bridgehead atoms. The van der Waals surface area contributed by atoms with Gasteiger partial charge in [0.05, 0.1) is 0 Å². The average molecular weight is 248 g/mol. The molecule has 1 fully saturated rings. The third-order valence-corrected chi connectivity index (χ3v) is 2.86. The number of benzene rings is 1. The van der Waals surface area contributed by atoms with Gasteiger partial charge in [-0.15, -0.1) is 0 Å². The van der Waals surface area contributed by atoms with Gasteiger partial charge in [0.25, 0.3) is 5.89 Å². The van der Waals surface area contributed by atoms with Crippen LogP contribution in [0, 0.1) is 12.7 Å². The van der Waals surface area contributed by atoms with Crippen molar-refractivity contribution in [1.29, 1.82) is 0 Å². The molecule has 0 saturated heterocycles. The van der Waals surface area contributed by atoms with Crippen LogP contribution in [0.4, 0.5) is 4.39 Å². The van der Waals surface area contributed by atoms with E-state index in [1.165, 1.54) is 6.07 Å². The van der Waals surface area contributed by atoms with Crippen LogP contribution in [0.1, 0.15) is 36.0 Å². The highest BCUT2D eigenvalue weighted by molar-refractivity contribution is 5.29. The molecule has 94 valence electrons. The van der Waals surface area contributed by atoms with E-state index in [4.69, 9.17) is 9.26 Å². The van der Waals surface area contributed by atoms with Crippen LogP contribution in [-0.4, -0.2) is 10.1 Å². The Balaban J connectivity index is 1.67. The molecule has 0 spiro atoms. The van der Waals surface area contributed by atoms with Crippen LogP contribution in [0.25, 0.3) is 0 Å². The second kappa shape index (κ2) is 4.40. The van der Waals surface area contributed by atoms with Gasteiger partial charge >= 0.3 is 0 Å². The van der Waals surface area contributed by atoms with E-state index in [1.807, 2.05) is 6.92 Å². The smallest absolute Gasteiger partial charge is 0.264 e. The fraction of sp³-hybridized carbons (Fsp3) is 0.385. The molecule has 1 aliphatic carbocycles. The van der Waals surface area contributed by atoms with Crippen LogP contribution in [-0.2, 0) is 6.61 Å². The SMILES string of the molecule is Cc1ccc(F)c(OCc2nc(C3CC3)no2)c1. The molecule has 1 aliphatic rings. The lowest BCUT2D eigenvalue weighted by Gasteiger charge is -2.05. The van der Waals surface area contributed by atoms with Crippen molar-refractivity contribution in [2.24, 2.45) is 0 Å². The maximum atomic E-state index is 13.4. The Bertz CT molecular complexity index is 564. The number of rotatable bonds is 4. The van der Waals surface area contributed by atoms with Gasteiger partial charge in [0, 0.05) is 5.92 Å². The average Bonchev–Trinajstić information content (AvgIpc) is 3.10. The summed E-state index contributed by atoms with van der Waals surface area (Å²) in [7, 11) is 0. The van der Waals surface area contributed by atoms with Gasteiger partial charge in [0.1, 0.15) is 0 Å². The first-order chi connectivity index (χ1) is 8.72. The predicted molar refractivity (Wildman–Crippen MR) is 61.7 cm³/mol. The minimum Gasteiger partial charge on any atom is -0.481 e. The molecule has 1 aromatic carbocycles. The Kier molecular flexibility index (Phi) is 2.74. The molecule has 2 aromatic rings. The molecule has 0 amide bonds. The van der Waals surface area contributed by atoms with Crippen LogP contribution >= 0.6 is 0 Å². The third kappa shape index (κ3) is 2.34. The molecule has 0 radical (unpaired) electrons. The van der Waals surface area contributed by atoms with Crippen molar-refractivity contribution in [3.63, 3.8) is 0 Å². The number of aromatic nitrogens is 2. The van der Waals surface area contributed by atoms with Crippen molar-refractivity contribution in [2.75, 3.05) is 0 Å². The number of aryl methyl sites for hydroxylation is 1. The van der Waals surface area contributed by atoms with Gasteiger partial charge < -0.3 is 9.26 Å². The van der Waals surface area contributed by atoms with Crippen molar-refractivity contribution in [2.45, 2.75) is 32.3 Å². The first-order valence-electron chi connectivity index (χ1n) is 5.94. The summed E-state index contributed by atoms with van der Waals surface area (Å²) < 4.78 is 23.8. The molecule has 5 heteroatoms. The van der Waals surface area contributed by atoms with E-state index in [9.17, 15) is 4.39 Å². The Labute approximate surface area is 104 Å². The second-order valence-corrected chi connectivity index (χ2v) is 4.54. The fourth-order valence-electron chi connectivity index (χ4n) is 1.69. The first kappa shape index (κ1) is 11.2. The van der Waals surface area contributed by atoms with Gasteiger partial charge in [-0.2, -0.15) is 4.98 Å². The van der Waals surface area contributed by atoms with Crippen molar-refractivity contribution in [1.82, 2.24) is 10.1 Å². The zero-order valence-corrected chi connectivity index (χ0v) is 10.0. The summed E-state index contributed by atoms with van der Waals surface area (Å²) in [6, 6.07) is 4.72. The van der Waals surface area contributed by atoms with E-state index in [0.29, 0.717) is 11.8 Å². The van der Waals surface area contributed by atoms with Crippen LogP contribution in [0.15, 0.2) is 22.7 Å². The molecule has 4 nitrogen and oxygen atoms in total. The summed E-state index contributed by atoms with van der Waals surface area (Å²) in [6.45, 7) is 1.98. The van der Waals surface area contributed by atoms with Crippen LogP contribution in [0.5, 0.6) is 5.75 Å². The number of nitrogens with zero attached hydrogens (tertiary/aromatic N) is 2. The minimum atomic E-state index is -0.387. The van der Waals surface area contributed by atoms with Crippen LogP contribution in [0.3, 0.4) is 0 Å². The summed E-state index contributed by atoms with van der Waals surface area (Å²) in [5.74, 6) is 1.39. The summed E-state index contributed by atoms with van der Waals surface area (Å²) >= 11 is 0. The molecule has 0 unspecified atom stereocenters. The Hall–Kier alpha value is -1.91. The normalized spacial score (nSPS) is 14.8. The van der Waals surface area contributed by atoms with Crippen molar-refractivity contribution in [3.8, 4) is 5.75 Å². The monoisotopic (exact) mass is 248 g/mol. The number of halogens is 1. The standard InChI is InChI=1S/C13H13FN2O2/c1-8-2-5-10(14)11(6-8)17-7-12-15-13(16-18-12)9-3-4-9/h2,5-6,9H,3-4,7H2,1H3. The quantitative estimate of drug-likeness (QED) is 0.834. The second-order valence-electron chi connectivity index (χ2n) is 4.54. The Morgan fingerprint density at radius 2 is 2.28 bits per heavy atom. The van der Waals surface area contributed by atoms with Gasteiger partial charge in [-0.1, -0.05) is 11.2 Å². The fourth-order valence-corrected chi connectivity index (χ4v) is 1.69. The highest BCUT2D eigenvalue weighted by atomic mass is 19.1. The van der Waals surface area contributed by atoms with E-state index in [0.717, 1.165) is 24.2 Å². The molecule has 0 atom stereocenters. The number of hydrogen-bond acceptors (Lipinski definition) is 4. The topological polar surface area (TPSA) is 48.2 Å². The van der Waals surface area contributed by atoms with E-state index in [-0.39, 0.29) is 18.2 Å². The van der Waals surface area contributed by atoms with E-state index in [2.05, 4.69) is 10.1 Å². The zero-order valence-electron chi connectivity index (χ0n) is 10.0. The minimum absolute atomic E-state index is 0.0973. The summed E-state index contributed by atoms with van der Waals surface area (Å²) in [5.41, 5.74) is 0.940. The molecule has 3 rings (SSSR count). The molecule has 1 heterocycles. The van der Waals surface area contributed by atoms with Crippen molar-refractivity contribution in [3.05, 3.63) is 41.3 Å². The summed E-state index contributed by atoms with van der Waals surface area (Å²) in [4.78, 5) is 4.21. The molecule has 18 heavy (non-hydrogen) atoms. The third-order valence-electron chi connectivity index (χ3n) is 2.86. The molecule has 1 aromatic heterocycles. The van der Waals surface area contributed by atoms with Crippen molar-refractivity contribution >= 4 is 0 Å². The summed E-state index contributed by atoms with van der Waals surface area (Å²) in [6.07, 6.45) is 2.23. The predicted octanol–water partition coefficient (Wildman–Crippen LogP) is 2.97. The highest BCUT2D eigenvalue weighted by Gasteiger charge is 2.28. The van der Waals surface area contributed by atoms with Crippen LogP contribution in [0.2, 0.25) is 0 Å². The van der Waals surface area contributed by atoms with Gasteiger partial charge in [-0.25, -0.2) is 4.39 Å². The molecule has 0 aliphatic heterocycles. The Morgan fingerprint density at radius 3 is 3.06 bits per heavy atom. The van der Waals surface area contributed by atoms with Gasteiger partial charge in [-0.3, -0.25) is 0 Å². The summed E-state index contributed by atoms with van der Waals surface area (Å²) in [5, 5.41) is 3.87. The van der Waals surface area contributed by atoms with Crippen LogP contribution < -0.4 is 4.74 Å². The lowest BCUT2D eigenvalue weighted by atomic mass is 10.2. The number of ether oxygens (including phenoxy) is 1. The lowest BCUT2D eigenvalue weighted by Crippen LogP contribution is -1.98.